The van der Waals surface area contributed by atoms with Gasteiger partial charge < -0.3 is 14.4 Å². The first-order valence-corrected chi connectivity index (χ1v) is 6.58. The lowest BCUT2D eigenvalue weighted by Crippen LogP contribution is -2.31. The number of benzene rings is 1. The Morgan fingerprint density at radius 3 is 2.81 bits per heavy atom. The third-order valence-electron chi connectivity index (χ3n) is 3.64. The minimum Gasteiger partial charge on any atom is -0.478 e. The number of carboxylic acids is 1. The number of rotatable bonds is 4. The van der Waals surface area contributed by atoms with E-state index in [-0.39, 0.29) is 22.7 Å². The van der Waals surface area contributed by atoms with Crippen molar-refractivity contribution in [1.29, 1.82) is 0 Å². The van der Waals surface area contributed by atoms with Gasteiger partial charge in [-0.3, -0.25) is 0 Å². The molecule has 1 N–H and O–H groups in total. The van der Waals surface area contributed by atoms with Gasteiger partial charge in [0.05, 0.1) is 35.6 Å². The van der Waals surface area contributed by atoms with Crippen LogP contribution in [0.3, 0.4) is 0 Å². The maximum absolute atomic E-state index is 13.7. The lowest BCUT2D eigenvalue weighted by molar-refractivity contribution is -0.0586. The van der Waals surface area contributed by atoms with Gasteiger partial charge in [-0.1, -0.05) is 0 Å². The molecular formula is C14H14F2N2O3. The second-order valence-corrected chi connectivity index (χ2v) is 5.26. The number of aromatic nitrogens is 2. The number of halogens is 2. The molecule has 0 unspecified atom stereocenters. The minimum absolute atomic E-state index is 0.0291. The van der Waals surface area contributed by atoms with Crippen LogP contribution in [0.5, 0.6) is 0 Å². The number of aromatic carboxylic acids is 1. The molecule has 21 heavy (non-hydrogen) atoms. The number of carboxylic acid groups (broad SMARTS) is 1. The van der Waals surface area contributed by atoms with Crippen LogP contribution in [-0.2, 0) is 17.2 Å². The molecule has 5 nitrogen and oxygen atoms in total. The molecule has 0 spiro atoms. The summed E-state index contributed by atoms with van der Waals surface area (Å²) in [6.45, 7) is 1.91. The Bertz CT molecular complexity index is 702. The van der Waals surface area contributed by atoms with Crippen molar-refractivity contribution in [2.45, 2.75) is 31.9 Å². The summed E-state index contributed by atoms with van der Waals surface area (Å²) in [5.41, 5.74) is -0.0188. The highest BCUT2D eigenvalue weighted by atomic mass is 19.3. The van der Waals surface area contributed by atoms with Crippen LogP contribution < -0.4 is 0 Å². The van der Waals surface area contributed by atoms with Crippen LogP contribution in [0.25, 0.3) is 11.0 Å². The molecule has 1 aromatic carbocycles. The van der Waals surface area contributed by atoms with E-state index in [1.54, 1.807) is 4.57 Å². The SMILES string of the molecule is CC(F)(F)c1cc(C(=O)O)cc2c1ncn2C[C@@H]1CCO1. The Hall–Kier alpha value is -2.02. The smallest absolute Gasteiger partial charge is 0.335 e. The molecule has 7 heteroatoms. The van der Waals surface area contributed by atoms with Gasteiger partial charge in [0.15, 0.2) is 0 Å². The standard InChI is InChI=1S/C14H14F2N2O3/c1-14(15,16)10-4-8(13(19)20)5-11-12(10)17-7-18(11)6-9-2-3-21-9/h4-5,7,9H,2-3,6H2,1H3,(H,19,20)/t9-/m0/s1. The fourth-order valence-electron chi connectivity index (χ4n) is 2.41. The molecule has 0 saturated carbocycles. The normalized spacial score (nSPS) is 18.7. The monoisotopic (exact) mass is 296 g/mol. The molecule has 0 radical (unpaired) electrons. The van der Waals surface area contributed by atoms with Gasteiger partial charge in [-0.2, -0.15) is 0 Å². The number of fused-ring (bicyclic) bond motifs is 1. The highest BCUT2D eigenvalue weighted by Gasteiger charge is 2.30. The van der Waals surface area contributed by atoms with Crippen molar-refractivity contribution in [2.24, 2.45) is 0 Å². The second-order valence-electron chi connectivity index (χ2n) is 5.26. The Balaban J connectivity index is 2.15. The van der Waals surface area contributed by atoms with Gasteiger partial charge in [0.1, 0.15) is 0 Å². The zero-order valence-corrected chi connectivity index (χ0v) is 11.3. The maximum Gasteiger partial charge on any atom is 0.335 e. The van der Waals surface area contributed by atoms with Crippen LogP contribution in [0.2, 0.25) is 0 Å². The topological polar surface area (TPSA) is 64.3 Å². The molecule has 1 aliphatic rings. The number of hydrogen-bond acceptors (Lipinski definition) is 3. The van der Waals surface area contributed by atoms with E-state index in [9.17, 15) is 13.6 Å². The van der Waals surface area contributed by atoms with Crippen molar-refractivity contribution in [2.75, 3.05) is 6.61 Å². The van der Waals surface area contributed by atoms with Crippen LogP contribution in [-0.4, -0.2) is 33.3 Å². The zero-order valence-electron chi connectivity index (χ0n) is 11.3. The van der Waals surface area contributed by atoms with E-state index in [0.29, 0.717) is 18.7 Å². The van der Waals surface area contributed by atoms with E-state index in [0.717, 1.165) is 19.4 Å². The molecule has 2 heterocycles. The van der Waals surface area contributed by atoms with Crippen molar-refractivity contribution in [3.05, 3.63) is 29.6 Å². The van der Waals surface area contributed by atoms with E-state index < -0.39 is 11.9 Å². The average Bonchev–Trinajstić information content (AvgIpc) is 2.74. The molecule has 0 amide bonds. The predicted molar refractivity (Wildman–Crippen MR) is 70.6 cm³/mol. The molecule has 1 aromatic heterocycles. The molecule has 1 aliphatic heterocycles. The number of nitrogens with zero attached hydrogens (tertiary/aromatic N) is 2. The van der Waals surface area contributed by atoms with E-state index in [4.69, 9.17) is 9.84 Å². The van der Waals surface area contributed by atoms with E-state index in [1.807, 2.05) is 0 Å². The van der Waals surface area contributed by atoms with Crippen LogP contribution in [0.4, 0.5) is 8.78 Å². The number of alkyl halides is 2. The molecule has 2 aromatic rings. The minimum atomic E-state index is -3.16. The van der Waals surface area contributed by atoms with Crippen molar-refractivity contribution in [3.8, 4) is 0 Å². The van der Waals surface area contributed by atoms with E-state index in [2.05, 4.69) is 4.98 Å². The summed E-state index contributed by atoms with van der Waals surface area (Å²) in [6, 6.07) is 2.36. The first kappa shape index (κ1) is 13.9. The Labute approximate surface area is 119 Å². The number of imidazole rings is 1. The van der Waals surface area contributed by atoms with Gasteiger partial charge in [0.25, 0.3) is 5.92 Å². The highest BCUT2D eigenvalue weighted by molar-refractivity contribution is 5.94. The predicted octanol–water partition coefficient (Wildman–Crippen LogP) is 2.64. The fraction of sp³-hybridized carbons (Fsp3) is 0.429. The molecule has 1 fully saturated rings. The second kappa shape index (κ2) is 4.77. The average molecular weight is 296 g/mol. The summed E-state index contributed by atoms with van der Waals surface area (Å²) in [7, 11) is 0. The largest absolute Gasteiger partial charge is 0.478 e. The lowest BCUT2D eigenvalue weighted by Gasteiger charge is -2.26. The third-order valence-corrected chi connectivity index (χ3v) is 3.64. The molecule has 112 valence electrons. The molecule has 3 rings (SSSR count). The summed E-state index contributed by atoms with van der Waals surface area (Å²) >= 11 is 0. The van der Waals surface area contributed by atoms with Gasteiger partial charge in [0, 0.05) is 19.1 Å². The summed E-state index contributed by atoms with van der Waals surface area (Å²) < 4.78 is 34.4. The van der Waals surface area contributed by atoms with Crippen molar-refractivity contribution in [3.63, 3.8) is 0 Å². The molecule has 1 saturated heterocycles. The Kier molecular flexibility index (Phi) is 3.16. The fourth-order valence-corrected chi connectivity index (χ4v) is 2.41. The third kappa shape index (κ3) is 2.49. The van der Waals surface area contributed by atoms with Crippen molar-refractivity contribution < 1.29 is 23.4 Å². The summed E-state index contributed by atoms with van der Waals surface area (Å²) in [6.07, 6.45) is 2.38. The highest BCUT2D eigenvalue weighted by Crippen LogP contribution is 2.34. The Morgan fingerprint density at radius 1 is 1.57 bits per heavy atom. The molecular weight excluding hydrogens is 282 g/mol. The van der Waals surface area contributed by atoms with Crippen LogP contribution in [0.15, 0.2) is 18.5 Å². The Morgan fingerprint density at radius 2 is 2.29 bits per heavy atom. The quantitative estimate of drug-likeness (QED) is 0.942. The van der Waals surface area contributed by atoms with Crippen LogP contribution in [0.1, 0.15) is 29.3 Å². The van der Waals surface area contributed by atoms with Gasteiger partial charge in [0.2, 0.25) is 0 Å². The first-order valence-electron chi connectivity index (χ1n) is 6.58. The van der Waals surface area contributed by atoms with Crippen molar-refractivity contribution >= 4 is 17.0 Å². The van der Waals surface area contributed by atoms with Gasteiger partial charge in [-0.05, 0) is 18.6 Å². The number of carbonyl (C=O) groups is 1. The molecule has 0 bridgehead atoms. The van der Waals surface area contributed by atoms with Gasteiger partial charge in [-0.15, -0.1) is 0 Å². The van der Waals surface area contributed by atoms with Gasteiger partial charge in [-0.25, -0.2) is 18.6 Å². The molecule has 1 atom stereocenters. The summed E-state index contributed by atoms with van der Waals surface area (Å²) in [5, 5.41) is 9.10. The maximum atomic E-state index is 13.7. The molecule has 0 aliphatic carbocycles. The zero-order chi connectivity index (χ0) is 15.2. The summed E-state index contributed by atoms with van der Waals surface area (Å²) in [4.78, 5) is 15.2. The van der Waals surface area contributed by atoms with Crippen LogP contribution in [0, 0.1) is 0 Å². The first-order chi connectivity index (χ1) is 9.86. The van der Waals surface area contributed by atoms with E-state index in [1.165, 1.54) is 12.4 Å². The summed E-state index contributed by atoms with van der Waals surface area (Å²) in [5.74, 6) is -4.40. The van der Waals surface area contributed by atoms with E-state index >= 15 is 0 Å². The number of hydrogen-bond donors (Lipinski definition) is 1. The number of ether oxygens (including phenoxy) is 1. The van der Waals surface area contributed by atoms with Gasteiger partial charge >= 0.3 is 5.97 Å². The van der Waals surface area contributed by atoms with Crippen LogP contribution >= 0.6 is 0 Å². The van der Waals surface area contributed by atoms with Crippen molar-refractivity contribution in [1.82, 2.24) is 9.55 Å². The lowest BCUT2D eigenvalue weighted by atomic mass is 10.0.